The zero-order chi connectivity index (χ0) is 19.6. The molecule has 2 aromatic heterocycles. The number of pyridine rings is 1. The van der Waals surface area contributed by atoms with E-state index in [-0.39, 0.29) is 11.0 Å². The van der Waals surface area contributed by atoms with Crippen molar-refractivity contribution in [2.24, 2.45) is 0 Å². The summed E-state index contributed by atoms with van der Waals surface area (Å²) in [5.41, 5.74) is 1.07. The van der Waals surface area contributed by atoms with Crippen LogP contribution in [0.5, 0.6) is 0 Å². The summed E-state index contributed by atoms with van der Waals surface area (Å²) in [7, 11) is -4.61. The van der Waals surface area contributed by atoms with Gasteiger partial charge in [0.1, 0.15) is 6.20 Å². The van der Waals surface area contributed by atoms with Crippen molar-refractivity contribution in [1.82, 2.24) is 24.7 Å². The summed E-state index contributed by atoms with van der Waals surface area (Å²) in [6.45, 7) is 3.00. The Morgan fingerprint density at radius 3 is 2.30 bits per heavy atom. The van der Waals surface area contributed by atoms with E-state index in [1.54, 1.807) is 10.9 Å². The first kappa shape index (κ1) is 23.3. The molecule has 8 nitrogen and oxygen atoms in total. The molecular weight excluding hydrogens is 405 g/mol. The van der Waals surface area contributed by atoms with Crippen LogP contribution in [0.2, 0.25) is 0 Å². The first-order valence-corrected chi connectivity index (χ1v) is 9.13. The number of aromatic nitrogens is 4. The van der Waals surface area contributed by atoms with Gasteiger partial charge >= 0.3 is 34.8 Å². The van der Waals surface area contributed by atoms with Gasteiger partial charge in [0.2, 0.25) is 11.8 Å². The Bertz CT molecular complexity index is 732. The summed E-state index contributed by atoms with van der Waals surface area (Å²) < 4.78 is 56.3. The van der Waals surface area contributed by atoms with Crippen LogP contribution >= 0.6 is 8.16 Å². The summed E-state index contributed by atoms with van der Waals surface area (Å²) >= 11 is 0. The average molecular weight is 423 g/mol. The minimum Gasteiger partial charge on any atom is -1.00 e. The third-order valence-electron chi connectivity index (χ3n) is 3.42. The fourth-order valence-electron chi connectivity index (χ4n) is 2.57. The van der Waals surface area contributed by atoms with Crippen molar-refractivity contribution in [3.63, 3.8) is 0 Å². The summed E-state index contributed by atoms with van der Waals surface area (Å²) in [5.74, 6) is 0. The topological polar surface area (TPSA) is 73.4 Å². The maximum Gasteiger partial charge on any atom is -1.00 e. The molecule has 27 heavy (non-hydrogen) atoms. The molecule has 2 aromatic rings. The Kier molecular flexibility index (Phi) is 7.33. The number of hydrogen-bond donors (Lipinski definition) is 0. The number of fused-ring (bicyclic) bond motifs is 1. The molecule has 1 aliphatic heterocycles. The van der Waals surface area contributed by atoms with E-state index in [4.69, 9.17) is 4.74 Å². The predicted molar refractivity (Wildman–Crippen MR) is 84.1 cm³/mol. The van der Waals surface area contributed by atoms with Crippen LogP contribution in [0.25, 0.3) is 11.2 Å². The van der Waals surface area contributed by atoms with Gasteiger partial charge in [-0.05, 0) is 26.2 Å². The monoisotopic (exact) mass is 423 g/mol. The van der Waals surface area contributed by atoms with Crippen molar-refractivity contribution in [3.8, 4) is 0 Å². The molecule has 0 amide bonds. The van der Waals surface area contributed by atoms with Gasteiger partial charge in [0, 0.05) is 18.3 Å². The van der Waals surface area contributed by atoms with Crippen molar-refractivity contribution in [2.45, 2.75) is 6.29 Å². The van der Waals surface area contributed by atoms with Gasteiger partial charge in [0.15, 0.2) is 0 Å². The van der Waals surface area contributed by atoms with E-state index in [0.717, 1.165) is 18.6 Å². The molecule has 0 radical (unpaired) electrons. The molecule has 156 valence electrons. The molecule has 15 heteroatoms. The number of nitrogens with zero attached hydrogens (tertiary/aromatic N) is 6. The molecule has 3 heterocycles. The van der Waals surface area contributed by atoms with Crippen molar-refractivity contribution in [3.05, 3.63) is 23.5 Å². The number of morpholine rings is 1. The zero-order valence-corrected chi connectivity index (χ0v) is 15.2. The fourth-order valence-corrected chi connectivity index (χ4v) is 2.57. The minimum absolute atomic E-state index is 0. The second-order valence-corrected chi connectivity index (χ2v) is 6.93. The quantitative estimate of drug-likeness (QED) is 0.284. The van der Waals surface area contributed by atoms with E-state index >= 15 is 0 Å². The number of halogens is 6. The summed E-state index contributed by atoms with van der Waals surface area (Å²) in [6, 6.07) is 3.67. The Labute approximate surface area is 150 Å². The van der Waals surface area contributed by atoms with Gasteiger partial charge in [-0.25, -0.2) is 0 Å². The molecule has 1 unspecified atom stereocenters. The third-order valence-corrected chi connectivity index (χ3v) is 3.42. The SMILES string of the molecule is CN(C)C(N1CCOCC1)n1n[n+]([O-])c2ncccc21.FP(F)(F)(F)F.[F-]. The van der Waals surface area contributed by atoms with Crippen molar-refractivity contribution in [2.75, 3.05) is 40.4 Å². The van der Waals surface area contributed by atoms with E-state index in [2.05, 4.69) is 15.1 Å². The first-order chi connectivity index (χ1) is 11.9. The maximum absolute atomic E-state index is 11.9. The zero-order valence-electron chi connectivity index (χ0n) is 14.4. The molecule has 0 saturated carbocycles. The Balaban J connectivity index is 0.000000456. The Hall–Kier alpha value is -1.76. The molecule has 1 atom stereocenters. The second kappa shape index (κ2) is 8.50. The Morgan fingerprint density at radius 2 is 1.78 bits per heavy atom. The van der Waals surface area contributed by atoms with Crippen LogP contribution < -0.4 is 9.55 Å². The van der Waals surface area contributed by atoms with E-state index in [9.17, 15) is 26.2 Å². The molecule has 0 N–H and O–H groups in total. The molecule has 1 aliphatic rings. The molecular formula is C12H18F6N6O2P-. The van der Waals surface area contributed by atoms with Gasteiger partial charge in [-0.15, -0.1) is 14.5 Å². The first-order valence-electron chi connectivity index (χ1n) is 7.44. The van der Waals surface area contributed by atoms with Gasteiger partial charge in [-0.3, -0.25) is 9.80 Å². The average Bonchev–Trinajstić information content (AvgIpc) is 2.83. The van der Waals surface area contributed by atoms with Crippen molar-refractivity contribution in [1.29, 1.82) is 0 Å². The second-order valence-electron chi connectivity index (χ2n) is 5.65. The van der Waals surface area contributed by atoms with Crippen LogP contribution in [0.4, 0.5) is 21.0 Å². The van der Waals surface area contributed by atoms with Gasteiger partial charge in [0.05, 0.1) is 13.2 Å². The predicted octanol–water partition coefficient (Wildman–Crippen LogP) is -0.619. The van der Waals surface area contributed by atoms with E-state index < -0.39 is 8.16 Å². The molecule has 1 saturated heterocycles. The molecule has 1 fully saturated rings. The molecule has 0 aromatic carbocycles. The number of rotatable bonds is 3. The van der Waals surface area contributed by atoms with Crippen LogP contribution in [-0.4, -0.2) is 65.1 Å². The van der Waals surface area contributed by atoms with Crippen LogP contribution in [0.1, 0.15) is 6.29 Å². The number of hydrogen-bond acceptors (Lipinski definition) is 6. The number of ether oxygens (including phenoxy) is 1. The van der Waals surface area contributed by atoms with E-state index in [0.29, 0.717) is 23.7 Å². The summed E-state index contributed by atoms with van der Waals surface area (Å²) in [5, 5.41) is 15.9. The normalized spacial score (nSPS) is 18.1. The standard InChI is InChI=1S/C12H18N6O2.F5P.FH/c1-15(2)12(16-6-8-20-9-7-16)17-10-4-3-5-13-11(10)18(19)14-17;1-6(2,3,4)5;/h3-5,12H,6-9H2,1-2H3;;1H/p-1. The van der Waals surface area contributed by atoms with E-state index in [1.807, 2.05) is 31.1 Å². The molecule has 0 spiro atoms. The molecule has 0 bridgehead atoms. The van der Waals surface area contributed by atoms with Crippen LogP contribution in [0.15, 0.2) is 18.3 Å². The van der Waals surface area contributed by atoms with Crippen LogP contribution in [0, 0.1) is 5.21 Å². The molecule has 0 aliphatic carbocycles. The summed E-state index contributed by atoms with van der Waals surface area (Å²) in [4.78, 5) is 8.94. The van der Waals surface area contributed by atoms with Gasteiger partial charge in [-0.1, -0.05) is 0 Å². The minimum atomic E-state index is -8.55. The third kappa shape index (κ3) is 7.05. The molecule has 3 rings (SSSR count). The maximum atomic E-state index is 11.9. The largest absolute Gasteiger partial charge is 1.00 e. The van der Waals surface area contributed by atoms with Gasteiger partial charge < -0.3 is 14.6 Å². The smallest absolute Gasteiger partial charge is 1.00 e. The van der Waals surface area contributed by atoms with Crippen molar-refractivity contribution >= 4 is 19.3 Å². The van der Waals surface area contributed by atoms with E-state index in [1.165, 1.54) is 0 Å². The van der Waals surface area contributed by atoms with Crippen LogP contribution in [-0.2, 0) is 4.74 Å². The summed E-state index contributed by atoms with van der Waals surface area (Å²) in [6.07, 6.45) is 1.48. The van der Waals surface area contributed by atoms with Gasteiger partial charge in [0.25, 0.3) is 0 Å². The van der Waals surface area contributed by atoms with Crippen LogP contribution in [0.3, 0.4) is 0 Å². The van der Waals surface area contributed by atoms with Crippen molar-refractivity contribution < 1.29 is 35.3 Å². The fraction of sp³-hybridized carbons (Fsp3) is 0.583. The van der Waals surface area contributed by atoms with Gasteiger partial charge in [-0.2, -0.15) is 0 Å². The Morgan fingerprint density at radius 1 is 1.22 bits per heavy atom.